The highest BCUT2D eigenvalue weighted by atomic mass is 32.2. The van der Waals surface area contributed by atoms with Gasteiger partial charge in [-0.2, -0.15) is 0 Å². The monoisotopic (exact) mass is 288 g/mol. The smallest absolute Gasteiger partial charge is 0.269 e. The van der Waals surface area contributed by atoms with Crippen molar-refractivity contribution in [1.82, 2.24) is 0 Å². The van der Waals surface area contributed by atoms with Crippen LogP contribution in [0.5, 0.6) is 0 Å². The Hall–Kier alpha value is -2.01. The zero-order valence-corrected chi connectivity index (χ0v) is 11.8. The molecule has 2 aromatic carbocycles. The number of nitrogens with two attached hydrogens (primary N) is 1. The van der Waals surface area contributed by atoms with Gasteiger partial charge in [0.25, 0.3) is 5.69 Å². The summed E-state index contributed by atoms with van der Waals surface area (Å²) in [6, 6.07) is 14.6. The molecule has 2 rings (SSSR count). The van der Waals surface area contributed by atoms with E-state index in [1.807, 2.05) is 24.3 Å². The summed E-state index contributed by atoms with van der Waals surface area (Å²) in [4.78, 5) is 11.2. The van der Waals surface area contributed by atoms with Crippen molar-refractivity contribution in [3.8, 4) is 0 Å². The second-order valence-electron chi connectivity index (χ2n) is 4.44. The normalized spacial score (nSPS) is 10.4. The molecule has 0 aliphatic heterocycles. The molecule has 0 atom stereocenters. The summed E-state index contributed by atoms with van der Waals surface area (Å²) < 4.78 is 0. The predicted octanol–water partition coefficient (Wildman–Crippen LogP) is 3.90. The van der Waals surface area contributed by atoms with Crippen LogP contribution in [0.2, 0.25) is 0 Å². The van der Waals surface area contributed by atoms with Crippen LogP contribution in [0.15, 0.2) is 53.4 Å². The third-order valence-corrected chi connectivity index (χ3v) is 4.00. The summed E-state index contributed by atoms with van der Waals surface area (Å²) in [5, 5.41) is 10.5. The Kier molecular flexibility index (Phi) is 5.01. The number of benzene rings is 2. The van der Waals surface area contributed by atoms with Crippen molar-refractivity contribution < 1.29 is 4.92 Å². The minimum absolute atomic E-state index is 0.135. The average molecular weight is 288 g/mol. The van der Waals surface area contributed by atoms with Gasteiger partial charge in [-0.15, -0.1) is 11.8 Å². The maximum Gasteiger partial charge on any atom is 0.269 e. The number of rotatable bonds is 6. The molecule has 4 nitrogen and oxygen atoms in total. The lowest BCUT2D eigenvalue weighted by Gasteiger charge is -2.03. The van der Waals surface area contributed by atoms with Crippen LogP contribution >= 0.6 is 11.8 Å². The standard InChI is InChI=1S/C15H16N2O2S/c16-13-5-3-12(4-6-13)2-1-11-20-15-9-7-14(8-10-15)17(18)19/h3-10H,1-2,11,16H2. The molecule has 0 aromatic heterocycles. The molecule has 2 N–H and O–H groups in total. The van der Waals surface area contributed by atoms with Gasteiger partial charge < -0.3 is 5.73 Å². The van der Waals surface area contributed by atoms with Gasteiger partial charge in [0.1, 0.15) is 0 Å². The lowest BCUT2D eigenvalue weighted by Crippen LogP contribution is -1.90. The predicted molar refractivity (Wildman–Crippen MR) is 83.0 cm³/mol. The Labute approximate surface area is 122 Å². The summed E-state index contributed by atoms with van der Waals surface area (Å²) in [6.07, 6.45) is 2.08. The first kappa shape index (κ1) is 14.4. The average Bonchev–Trinajstić information content (AvgIpc) is 2.46. The number of nitrogens with zero attached hydrogens (tertiary/aromatic N) is 1. The molecule has 0 aliphatic rings. The molecule has 20 heavy (non-hydrogen) atoms. The molecular weight excluding hydrogens is 272 g/mol. The van der Waals surface area contributed by atoms with Gasteiger partial charge in [-0.05, 0) is 48.4 Å². The summed E-state index contributed by atoms with van der Waals surface area (Å²) in [7, 11) is 0. The van der Waals surface area contributed by atoms with E-state index in [2.05, 4.69) is 0 Å². The van der Waals surface area contributed by atoms with Crippen LogP contribution in [-0.4, -0.2) is 10.7 Å². The van der Waals surface area contributed by atoms with Gasteiger partial charge in [0.2, 0.25) is 0 Å². The fourth-order valence-electron chi connectivity index (χ4n) is 1.81. The van der Waals surface area contributed by atoms with E-state index in [0.29, 0.717) is 0 Å². The van der Waals surface area contributed by atoms with Gasteiger partial charge in [-0.25, -0.2) is 0 Å². The van der Waals surface area contributed by atoms with Crippen LogP contribution in [0.25, 0.3) is 0 Å². The minimum atomic E-state index is -0.379. The Morgan fingerprint density at radius 2 is 1.70 bits per heavy atom. The number of hydrogen-bond acceptors (Lipinski definition) is 4. The minimum Gasteiger partial charge on any atom is -0.399 e. The van der Waals surface area contributed by atoms with Gasteiger partial charge in [0.15, 0.2) is 0 Å². The third kappa shape index (κ3) is 4.28. The molecule has 0 heterocycles. The summed E-state index contributed by atoms with van der Waals surface area (Å²) in [5.74, 6) is 0.988. The molecule has 0 unspecified atom stereocenters. The van der Waals surface area contributed by atoms with Crippen LogP contribution in [0, 0.1) is 10.1 Å². The zero-order valence-electron chi connectivity index (χ0n) is 11.0. The van der Waals surface area contributed by atoms with E-state index in [0.717, 1.165) is 29.2 Å². The summed E-state index contributed by atoms with van der Waals surface area (Å²) in [5.41, 5.74) is 7.84. The first-order valence-corrected chi connectivity index (χ1v) is 7.35. The fraction of sp³-hybridized carbons (Fsp3) is 0.200. The topological polar surface area (TPSA) is 69.2 Å². The lowest BCUT2D eigenvalue weighted by atomic mass is 10.1. The van der Waals surface area contributed by atoms with Crippen molar-refractivity contribution in [3.05, 3.63) is 64.2 Å². The van der Waals surface area contributed by atoms with E-state index in [1.165, 1.54) is 5.56 Å². The molecule has 0 spiro atoms. The lowest BCUT2D eigenvalue weighted by molar-refractivity contribution is -0.384. The molecule has 5 heteroatoms. The van der Waals surface area contributed by atoms with Crippen LogP contribution in [-0.2, 0) is 6.42 Å². The molecule has 0 aliphatic carbocycles. The van der Waals surface area contributed by atoms with Crippen molar-refractivity contribution in [2.24, 2.45) is 0 Å². The molecule has 2 aromatic rings. The molecule has 0 fully saturated rings. The van der Waals surface area contributed by atoms with Crippen LogP contribution in [0.4, 0.5) is 11.4 Å². The van der Waals surface area contributed by atoms with Gasteiger partial charge >= 0.3 is 0 Å². The number of aryl methyl sites for hydroxylation is 1. The van der Waals surface area contributed by atoms with Gasteiger partial charge in [0, 0.05) is 22.7 Å². The van der Waals surface area contributed by atoms with E-state index >= 15 is 0 Å². The van der Waals surface area contributed by atoms with E-state index in [1.54, 1.807) is 36.0 Å². The van der Waals surface area contributed by atoms with Crippen molar-refractivity contribution in [2.75, 3.05) is 11.5 Å². The zero-order chi connectivity index (χ0) is 14.4. The highest BCUT2D eigenvalue weighted by Crippen LogP contribution is 2.22. The highest BCUT2D eigenvalue weighted by Gasteiger charge is 2.03. The fourth-order valence-corrected chi connectivity index (χ4v) is 2.67. The maximum absolute atomic E-state index is 10.5. The summed E-state index contributed by atoms with van der Waals surface area (Å²) >= 11 is 1.72. The van der Waals surface area contributed by atoms with E-state index in [-0.39, 0.29) is 10.6 Å². The Morgan fingerprint density at radius 3 is 2.30 bits per heavy atom. The number of nitro groups is 1. The molecule has 104 valence electrons. The number of nitro benzene ring substituents is 1. The second kappa shape index (κ2) is 6.96. The Balaban J connectivity index is 1.75. The van der Waals surface area contributed by atoms with E-state index < -0.39 is 0 Å². The number of hydrogen-bond donors (Lipinski definition) is 1. The van der Waals surface area contributed by atoms with Gasteiger partial charge in [0.05, 0.1) is 4.92 Å². The van der Waals surface area contributed by atoms with E-state index in [4.69, 9.17) is 5.73 Å². The molecular formula is C15H16N2O2S. The maximum atomic E-state index is 10.5. The van der Waals surface area contributed by atoms with Crippen LogP contribution in [0.3, 0.4) is 0 Å². The molecule has 0 amide bonds. The van der Waals surface area contributed by atoms with Crippen molar-refractivity contribution in [1.29, 1.82) is 0 Å². The SMILES string of the molecule is Nc1ccc(CCCSc2ccc([N+](=O)[O-])cc2)cc1. The highest BCUT2D eigenvalue weighted by molar-refractivity contribution is 7.99. The quantitative estimate of drug-likeness (QED) is 0.288. The first-order valence-electron chi connectivity index (χ1n) is 6.37. The van der Waals surface area contributed by atoms with Crippen LogP contribution in [0.1, 0.15) is 12.0 Å². The molecule has 0 saturated carbocycles. The molecule has 0 saturated heterocycles. The van der Waals surface area contributed by atoms with E-state index in [9.17, 15) is 10.1 Å². The van der Waals surface area contributed by atoms with Gasteiger partial charge in [-0.1, -0.05) is 12.1 Å². The van der Waals surface area contributed by atoms with Crippen molar-refractivity contribution in [3.63, 3.8) is 0 Å². The van der Waals surface area contributed by atoms with Crippen molar-refractivity contribution >= 4 is 23.1 Å². The van der Waals surface area contributed by atoms with Crippen LogP contribution < -0.4 is 5.73 Å². The number of non-ortho nitro benzene ring substituents is 1. The third-order valence-electron chi connectivity index (χ3n) is 2.91. The summed E-state index contributed by atoms with van der Waals surface area (Å²) in [6.45, 7) is 0. The molecule has 0 bridgehead atoms. The second-order valence-corrected chi connectivity index (χ2v) is 5.61. The number of thioether (sulfide) groups is 1. The number of anilines is 1. The number of nitrogen functional groups attached to an aromatic ring is 1. The molecule has 0 radical (unpaired) electrons. The largest absolute Gasteiger partial charge is 0.399 e. The Bertz CT molecular complexity index is 567. The van der Waals surface area contributed by atoms with Gasteiger partial charge in [-0.3, -0.25) is 10.1 Å². The van der Waals surface area contributed by atoms with Crippen molar-refractivity contribution in [2.45, 2.75) is 17.7 Å². The first-order chi connectivity index (χ1) is 9.65. The Morgan fingerprint density at radius 1 is 1.05 bits per heavy atom.